The minimum absolute atomic E-state index is 0.0397. The molecular weight excluding hydrogens is 320 g/mol. The van der Waals surface area contributed by atoms with Crippen LogP contribution in [0.5, 0.6) is 0 Å². The number of hydrogen-bond donors (Lipinski definition) is 0. The fourth-order valence-corrected chi connectivity index (χ4v) is 2.73. The van der Waals surface area contributed by atoms with E-state index in [0.717, 1.165) is 5.56 Å². The number of benzene rings is 2. The van der Waals surface area contributed by atoms with E-state index in [-0.39, 0.29) is 24.7 Å². The van der Waals surface area contributed by atoms with Gasteiger partial charge in [-0.25, -0.2) is 0 Å². The predicted molar refractivity (Wildman–Crippen MR) is 91.9 cm³/mol. The van der Waals surface area contributed by atoms with Crippen molar-refractivity contribution in [3.63, 3.8) is 0 Å². The van der Waals surface area contributed by atoms with E-state index in [1.54, 1.807) is 19.1 Å². The highest BCUT2D eigenvalue weighted by Gasteiger charge is 2.28. The molecule has 6 heteroatoms. The second kappa shape index (κ2) is 8.60. The molecular formula is C19H18N2O4. The highest BCUT2D eigenvalue weighted by atomic mass is 16.6. The molecule has 2 rings (SSSR count). The molecule has 0 saturated carbocycles. The normalized spacial score (nSPS) is 12.6. The Labute approximate surface area is 145 Å². The average molecular weight is 338 g/mol. The second-order valence-corrected chi connectivity index (χ2v) is 5.48. The monoisotopic (exact) mass is 338 g/mol. The standard InChI is InChI=1S/C19H18N2O4/c1-2-25-19(22)12-17(14-6-4-3-5-7-14)18(13-20)15-8-10-16(11-9-15)21(23)24/h3-11,17-18H,2,12H2,1H3. The maximum absolute atomic E-state index is 12.0. The number of esters is 1. The highest BCUT2D eigenvalue weighted by Crippen LogP contribution is 2.36. The van der Waals surface area contributed by atoms with E-state index < -0.39 is 16.8 Å². The third-order valence-corrected chi connectivity index (χ3v) is 3.92. The number of rotatable bonds is 7. The summed E-state index contributed by atoms with van der Waals surface area (Å²) in [6, 6.07) is 17.4. The summed E-state index contributed by atoms with van der Waals surface area (Å²) in [5.74, 6) is -1.39. The smallest absolute Gasteiger partial charge is 0.306 e. The van der Waals surface area contributed by atoms with Crippen molar-refractivity contribution in [3.05, 3.63) is 75.8 Å². The van der Waals surface area contributed by atoms with Crippen LogP contribution in [0.15, 0.2) is 54.6 Å². The Morgan fingerprint density at radius 3 is 2.32 bits per heavy atom. The van der Waals surface area contributed by atoms with Gasteiger partial charge in [0.25, 0.3) is 5.69 Å². The molecule has 0 bridgehead atoms. The molecule has 0 aliphatic rings. The molecule has 0 saturated heterocycles. The predicted octanol–water partition coefficient (Wildman–Crippen LogP) is 3.94. The average Bonchev–Trinajstić information content (AvgIpc) is 2.63. The quantitative estimate of drug-likeness (QED) is 0.433. The molecule has 128 valence electrons. The number of nitro benzene ring substituents is 1. The van der Waals surface area contributed by atoms with Gasteiger partial charge in [0, 0.05) is 18.1 Å². The van der Waals surface area contributed by atoms with Gasteiger partial charge in [-0.2, -0.15) is 5.26 Å². The molecule has 2 atom stereocenters. The number of nitro groups is 1. The van der Waals surface area contributed by atoms with Crippen LogP contribution in [0.25, 0.3) is 0 Å². The summed E-state index contributed by atoms with van der Waals surface area (Å²) in [5, 5.41) is 20.5. The number of non-ortho nitro benzene ring substituents is 1. The van der Waals surface area contributed by atoms with Crippen LogP contribution in [-0.4, -0.2) is 17.5 Å². The number of hydrogen-bond acceptors (Lipinski definition) is 5. The molecule has 0 N–H and O–H groups in total. The minimum Gasteiger partial charge on any atom is -0.466 e. The Morgan fingerprint density at radius 1 is 1.16 bits per heavy atom. The van der Waals surface area contributed by atoms with Crippen LogP contribution in [0.1, 0.15) is 36.3 Å². The fourth-order valence-electron chi connectivity index (χ4n) is 2.73. The van der Waals surface area contributed by atoms with E-state index in [4.69, 9.17) is 4.74 Å². The lowest BCUT2D eigenvalue weighted by Gasteiger charge is -2.22. The van der Waals surface area contributed by atoms with E-state index in [1.807, 2.05) is 30.3 Å². The first-order valence-electron chi connectivity index (χ1n) is 7.91. The van der Waals surface area contributed by atoms with Crippen LogP contribution >= 0.6 is 0 Å². The molecule has 2 unspecified atom stereocenters. The third-order valence-electron chi connectivity index (χ3n) is 3.92. The number of carbonyl (C=O) groups excluding carboxylic acids is 1. The van der Waals surface area contributed by atoms with Gasteiger partial charge in [-0.3, -0.25) is 14.9 Å². The van der Waals surface area contributed by atoms with Gasteiger partial charge in [0.1, 0.15) is 0 Å². The molecule has 2 aromatic carbocycles. The van der Waals surface area contributed by atoms with Crippen LogP contribution in [-0.2, 0) is 9.53 Å². The first-order valence-corrected chi connectivity index (χ1v) is 7.91. The Hall–Kier alpha value is -3.20. The van der Waals surface area contributed by atoms with Gasteiger partial charge in [-0.05, 0) is 18.1 Å². The van der Waals surface area contributed by atoms with E-state index in [2.05, 4.69) is 6.07 Å². The van der Waals surface area contributed by atoms with Crippen molar-refractivity contribution in [2.75, 3.05) is 6.61 Å². The molecule has 0 aliphatic carbocycles. The molecule has 0 aromatic heterocycles. The molecule has 0 fully saturated rings. The SMILES string of the molecule is CCOC(=O)CC(c1ccccc1)C(C#N)c1ccc([N+](=O)[O-])cc1. The van der Waals surface area contributed by atoms with E-state index in [1.165, 1.54) is 12.1 Å². The zero-order valence-corrected chi connectivity index (χ0v) is 13.8. The van der Waals surface area contributed by atoms with Gasteiger partial charge >= 0.3 is 5.97 Å². The maximum atomic E-state index is 12.0. The number of carbonyl (C=O) groups is 1. The first kappa shape index (κ1) is 18.1. The van der Waals surface area contributed by atoms with Crippen molar-refractivity contribution < 1.29 is 14.5 Å². The minimum atomic E-state index is -0.618. The lowest BCUT2D eigenvalue weighted by atomic mass is 9.80. The lowest BCUT2D eigenvalue weighted by Crippen LogP contribution is -2.16. The van der Waals surface area contributed by atoms with Crippen LogP contribution in [0.3, 0.4) is 0 Å². The van der Waals surface area contributed by atoms with Gasteiger partial charge < -0.3 is 4.74 Å². The summed E-state index contributed by atoms with van der Waals surface area (Å²) < 4.78 is 5.04. The summed E-state index contributed by atoms with van der Waals surface area (Å²) in [4.78, 5) is 22.3. The molecule has 2 aromatic rings. The van der Waals surface area contributed by atoms with Gasteiger partial charge in [0.15, 0.2) is 0 Å². The Kier molecular flexibility index (Phi) is 6.24. The van der Waals surface area contributed by atoms with Gasteiger partial charge in [0.2, 0.25) is 0 Å². The summed E-state index contributed by atoms with van der Waals surface area (Å²) in [5.41, 5.74) is 1.44. The highest BCUT2D eigenvalue weighted by molar-refractivity contribution is 5.71. The second-order valence-electron chi connectivity index (χ2n) is 5.48. The lowest BCUT2D eigenvalue weighted by molar-refractivity contribution is -0.384. The summed E-state index contributed by atoms with van der Waals surface area (Å²) in [6.07, 6.45) is 0.0626. The van der Waals surface area contributed by atoms with Crippen molar-refractivity contribution in [3.8, 4) is 6.07 Å². The zero-order valence-electron chi connectivity index (χ0n) is 13.8. The Morgan fingerprint density at radius 2 is 1.80 bits per heavy atom. The number of nitrogens with zero attached hydrogens (tertiary/aromatic N) is 2. The van der Waals surface area contributed by atoms with Crippen LogP contribution in [0.4, 0.5) is 5.69 Å². The van der Waals surface area contributed by atoms with Crippen LogP contribution < -0.4 is 0 Å². The summed E-state index contributed by atoms with van der Waals surface area (Å²) in [7, 11) is 0. The molecule has 0 amide bonds. The zero-order chi connectivity index (χ0) is 18.2. The van der Waals surface area contributed by atoms with Crippen LogP contribution in [0, 0.1) is 21.4 Å². The van der Waals surface area contributed by atoms with Crippen LogP contribution in [0.2, 0.25) is 0 Å². The van der Waals surface area contributed by atoms with Gasteiger partial charge in [0.05, 0.1) is 29.9 Å². The van der Waals surface area contributed by atoms with E-state index in [0.29, 0.717) is 5.56 Å². The van der Waals surface area contributed by atoms with Crippen molar-refractivity contribution >= 4 is 11.7 Å². The Balaban J connectivity index is 2.37. The topological polar surface area (TPSA) is 93.2 Å². The van der Waals surface area contributed by atoms with Crippen molar-refractivity contribution in [2.24, 2.45) is 0 Å². The maximum Gasteiger partial charge on any atom is 0.306 e. The first-order chi connectivity index (χ1) is 12.1. The van der Waals surface area contributed by atoms with Gasteiger partial charge in [-0.1, -0.05) is 42.5 Å². The summed E-state index contributed by atoms with van der Waals surface area (Å²) >= 11 is 0. The van der Waals surface area contributed by atoms with E-state index >= 15 is 0 Å². The molecule has 0 heterocycles. The largest absolute Gasteiger partial charge is 0.466 e. The molecule has 25 heavy (non-hydrogen) atoms. The molecule has 0 aliphatic heterocycles. The number of ether oxygens (including phenoxy) is 1. The third kappa shape index (κ3) is 4.64. The van der Waals surface area contributed by atoms with Crippen molar-refractivity contribution in [1.29, 1.82) is 5.26 Å². The molecule has 0 spiro atoms. The van der Waals surface area contributed by atoms with Crippen molar-refractivity contribution in [2.45, 2.75) is 25.2 Å². The van der Waals surface area contributed by atoms with E-state index in [9.17, 15) is 20.2 Å². The molecule has 6 nitrogen and oxygen atoms in total. The fraction of sp³-hybridized carbons (Fsp3) is 0.263. The molecule has 0 radical (unpaired) electrons. The Bertz CT molecular complexity index is 766. The number of nitriles is 1. The van der Waals surface area contributed by atoms with Gasteiger partial charge in [-0.15, -0.1) is 0 Å². The van der Waals surface area contributed by atoms with Crippen molar-refractivity contribution in [1.82, 2.24) is 0 Å². The summed E-state index contributed by atoms with van der Waals surface area (Å²) in [6.45, 7) is 2.00.